The highest BCUT2D eigenvalue weighted by Crippen LogP contribution is 2.37. The summed E-state index contributed by atoms with van der Waals surface area (Å²) in [4.78, 5) is 0.126. The van der Waals surface area contributed by atoms with E-state index in [4.69, 9.17) is 4.74 Å². The fourth-order valence-electron chi connectivity index (χ4n) is 2.41. The van der Waals surface area contributed by atoms with E-state index >= 15 is 0 Å². The predicted molar refractivity (Wildman–Crippen MR) is 80.5 cm³/mol. The van der Waals surface area contributed by atoms with E-state index in [0.29, 0.717) is 11.5 Å². The molecule has 1 aromatic carbocycles. The van der Waals surface area contributed by atoms with Crippen LogP contribution in [0.4, 0.5) is 0 Å². The monoisotopic (exact) mass is 346 g/mol. The Morgan fingerprint density at radius 1 is 1.37 bits per heavy atom. The van der Waals surface area contributed by atoms with Crippen LogP contribution < -0.4 is 0 Å². The molecule has 5 heteroatoms. The third-order valence-corrected chi connectivity index (χ3v) is 6.64. The number of hydrogen-bond donors (Lipinski definition) is 0. The van der Waals surface area contributed by atoms with E-state index in [2.05, 4.69) is 40.2 Å². The molecule has 0 aromatic heterocycles. The third-order valence-electron chi connectivity index (χ3n) is 3.57. The van der Waals surface area contributed by atoms with Crippen LogP contribution >= 0.6 is 15.9 Å². The number of methoxy groups -OCH3 is 1. The van der Waals surface area contributed by atoms with Crippen LogP contribution in [0, 0.1) is 5.92 Å². The van der Waals surface area contributed by atoms with Gasteiger partial charge in [-0.1, -0.05) is 40.2 Å². The van der Waals surface area contributed by atoms with Crippen LogP contribution in [-0.4, -0.2) is 33.6 Å². The van der Waals surface area contributed by atoms with Gasteiger partial charge in [0.25, 0.3) is 0 Å². The summed E-state index contributed by atoms with van der Waals surface area (Å²) >= 11 is 3.65. The van der Waals surface area contributed by atoms with E-state index in [1.54, 1.807) is 7.11 Å². The molecule has 0 radical (unpaired) electrons. The smallest absolute Gasteiger partial charge is 0.150 e. The van der Waals surface area contributed by atoms with Gasteiger partial charge in [0, 0.05) is 11.9 Å². The first-order valence-electron chi connectivity index (χ1n) is 6.44. The first-order valence-corrected chi connectivity index (χ1v) is 9.18. The van der Waals surface area contributed by atoms with Crippen molar-refractivity contribution in [3.05, 3.63) is 35.4 Å². The van der Waals surface area contributed by atoms with Crippen LogP contribution in [0.15, 0.2) is 24.3 Å². The molecule has 0 N–H and O–H groups in total. The minimum absolute atomic E-state index is 0.126. The Morgan fingerprint density at radius 3 is 2.58 bits per heavy atom. The summed E-state index contributed by atoms with van der Waals surface area (Å²) < 4.78 is 28.1. The summed E-state index contributed by atoms with van der Waals surface area (Å²) in [7, 11) is -1.12. The van der Waals surface area contributed by atoms with Gasteiger partial charge in [-0.25, -0.2) is 8.42 Å². The van der Waals surface area contributed by atoms with E-state index in [1.807, 2.05) is 0 Å². The van der Waals surface area contributed by atoms with Crippen LogP contribution in [0.25, 0.3) is 0 Å². The highest BCUT2D eigenvalue weighted by molar-refractivity contribution is 9.09. The number of sulfone groups is 1. The zero-order valence-corrected chi connectivity index (χ0v) is 13.4. The highest BCUT2D eigenvalue weighted by Gasteiger charge is 2.33. The van der Waals surface area contributed by atoms with E-state index in [9.17, 15) is 8.42 Å². The molecule has 19 heavy (non-hydrogen) atoms. The number of rotatable bonds is 5. The van der Waals surface area contributed by atoms with Gasteiger partial charge in [-0.2, -0.15) is 0 Å². The maximum Gasteiger partial charge on any atom is 0.150 e. The zero-order chi connectivity index (χ0) is 13.9. The summed E-state index contributed by atoms with van der Waals surface area (Å²) in [6.45, 7) is 0.720. The Bertz CT molecular complexity index is 510. The van der Waals surface area contributed by atoms with Gasteiger partial charge in [0.15, 0.2) is 9.84 Å². The Labute approximate surface area is 123 Å². The van der Waals surface area contributed by atoms with E-state index < -0.39 is 9.84 Å². The molecule has 1 aromatic rings. The predicted octanol–water partition coefficient (Wildman–Crippen LogP) is 2.75. The molecule has 1 aliphatic rings. The van der Waals surface area contributed by atoms with Gasteiger partial charge in [0.2, 0.25) is 0 Å². The second kappa shape index (κ2) is 6.37. The molecule has 1 saturated heterocycles. The molecule has 2 atom stereocenters. The lowest BCUT2D eigenvalue weighted by Crippen LogP contribution is -2.10. The number of benzene rings is 1. The summed E-state index contributed by atoms with van der Waals surface area (Å²) in [5, 5.41) is 0. The van der Waals surface area contributed by atoms with Gasteiger partial charge in [0.05, 0.1) is 18.1 Å². The molecule has 0 aliphatic carbocycles. The van der Waals surface area contributed by atoms with Gasteiger partial charge in [-0.05, 0) is 29.9 Å². The Hall–Kier alpha value is -0.390. The van der Waals surface area contributed by atoms with Crippen LogP contribution in [0.2, 0.25) is 0 Å². The van der Waals surface area contributed by atoms with Crippen molar-refractivity contribution in [3.8, 4) is 0 Å². The summed E-state index contributed by atoms with van der Waals surface area (Å²) in [6, 6.07) is 8.34. The van der Waals surface area contributed by atoms with Crippen LogP contribution in [0.5, 0.6) is 0 Å². The molecule has 2 unspecified atom stereocenters. The Morgan fingerprint density at radius 2 is 2.05 bits per heavy atom. The molecular formula is C14H19BrO3S. The zero-order valence-electron chi connectivity index (χ0n) is 11.0. The van der Waals surface area contributed by atoms with E-state index in [0.717, 1.165) is 25.0 Å². The SMILES string of the molecule is COCCc1ccc(C(Br)C2CCS(=O)(=O)C2)cc1. The van der Waals surface area contributed by atoms with Gasteiger partial charge < -0.3 is 4.74 Å². The molecule has 0 saturated carbocycles. The van der Waals surface area contributed by atoms with E-state index in [-0.39, 0.29) is 10.7 Å². The van der Waals surface area contributed by atoms with Crippen molar-refractivity contribution in [2.24, 2.45) is 5.92 Å². The first-order chi connectivity index (χ1) is 9.02. The molecule has 3 nitrogen and oxygen atoms in total. The topological polar surface area (TPSA) is 43.4 Å². The van der Waals surface area contributed by atoms with Crippen LogP contribution in [0.3, 0.4) is 0 Å². The Kier molecular flexibility index (Phi) is 5.03. The van der Waals surface area contributed by atoms with Crippen molar-refractivity contribution in [3.63, 3.8) is 0 Å². The number of hydrogen-bond acceptors (Lipinski definition) is 3. The molecule has 1 aliphatic heterocycles. The minimum Gasteiger partial charge on any atom is -0.384 e. The molecular weight excluding hydrogens is 328 g/mol. The molecule has 0 amide bonds. The summed E-state index contributed by atoms with van der Waals surface area (Å²) in [5.74, 6) is 0.815. The summed E-state index contributed by atoms with van der Waals surface area (Å²) in [5.41, 5.74) is 2.40. The molecule has 1 fully saturated rings. The average molecular weight is 347 g/mol. The fraction of sp³-hybridized carbons (Fsp3) is 0.571. The lowest BCUT2D eigenvalue weighted by atomic mass is 9.97. The quantitative estimate of drug-likeness (QED) is 0.770. The van der Waals surface area contributed by atoms with Crippen LogP contribution in [0.1, 0.15) is 22.4 Å². The van der Waals surface area contributed by atoms with Crippen molar-refractivity contribution in [1.29, 1.82) is 0 Å². The van der Waals surface area contributed by atoms with Crippen LogP contribution in [-0.2, 0) is 21.0 Å². The van der Waals surface area contributed by atoms with Crippen molar-refractivity contribution >= 4 is 25.8 Å². The lowest BCUT2D eigenvalue weighted by Gasteiger charge is -2.16. The molecule has 106 valence electrons. The normalized spacial score (nSPS) is 23.4. The number of ether oxygens (including phenoxy) is 1. The standard InChI is InChI=1S/C14H19BrO3S/c1-18-8-6-11-2-4-12(5-3-11)14(15)13-7-9-19(16,17)10-13/h2-5,13-14H,6-10H2,1H3. The molecule has 1 heterocycles. The van der Waals surface area contributed by atoms with Crippen molar-refractivity contribution in [2.75, 3.05) is 25.2 Å². The molecule has 0 bridgehead atoms. The minimum atomic E-state index is -2.82. The van der Waals surface area contributed by atoms with Gasteiger partial charge in [0.1, 0.15) is 0 Å². The fourth-order valence-corrected chi connectivity index (χ4v) is 5.26. The van der Waals surface area contributed by atoms with Crippen molar-refractivity contribution < 1.29 is 13.2 Å². The lowest BCUT2D eigenvalue weighted by molar-refractivity contribution is 0.202. The second-order valence-corrected chi connectivity index (χ2v) is 8.26. The van der Waals surface area contributed by atoms with Gasteiger partial charge in [-0.15, -0.1) is 0 Å². The molecule has 2 rings (SSSR count). The largest absolute Gasteiger partial charge is 0.384 e. The first kappa shape index (κ1) is 15.0. The van der Waals surface area contributed by atoms with Crippen molar-refractivity contribution in [2.45, 2.75) is 17.7 Å². The Balaban J connectivity index is 2.01. The average Bonchev–Trinajstić information content (AvgIpc) is 2.76. The maximum atomic E-state index is 11.5. The van der Waals surface area contributed by atoms with Gasteiger partial charge >= 0.3 is 0 Å². The van der Waals surface area contributed by atoms with Crippen molar-refractivity contribution in [1.82, 2.24) is 0 Å². The summed E-state index contributed by atoms with van der Waals surface area (Å²) in [6.07, 6.45) is 1.66. The second-order valence-electron chi connectivity index (χ2n) is 5.05. The number of alkyl halides is 1. The third kappa shape index (κ3) is 4.04. The van der Waals surface area contributed by atoms with E-state index in [1.165, 1.54) is 5.56 Å². The maximum absolute atomic E-state index is 11.5. The molecule has 0 spiro atoms. The highest BCUT2D eigenvalue weighted by atomic mass is 79.9. The van der Waals surface area contributed by atoms with Gasteiger partial charge in [-0.3, -0.25) is 0 Å². The number of halogens is 1.